The predicted molar refractivity (Wildman–Crippen MR) is 114 cm³/mol. The Morgan fingerprint density at radius 3 is 2.13 bits per heavy atom. The van der Waals surface area contributed by atoms with E-state index in [1.807, 2.05) is 60.7 Å². The first-order valence-electron chi connectivity index (χ1n) is 8.95. The average molecular weight is 402 g/mol. The molecule has 3 aromatic carbocycles. The zero-order valence-corrected chi connectivity index (χ0v) is 15.7. The summed E-state index contributed by atoms with van der Waals surface area (Å²) in [6.07, 6.45) is 2.68. The zero-order chi connectivity index (χ0) is 21.5. The summed E-state index contributed by atoms with van der Waals surface area (Å²) in [5, 5.41) is 27.5. The summed E-state index contributed by atoms with van der Waals surface area (Å²) in [5.74, 6) is -0.973. The number of carboxylic acids is 1. The highest BCUT2D eigenvalue weighted by Gasteiger charge is 2.11. The molecule has 0 fully saturated rings. The van der Waals surface area contributed by atoms with Crippen molar-refractivity contribution in [3.8, 4) is 22.8 Å². The molecule has 0 spiro atoms. The van der Waals surface area contributed by atoms with Gasteiger partial charge in [0, 0.05) is 29.8 Å². The standard InChI is InChI=1S/C15H10O4.C9H8O2/c16-10-6-11(17)15-12(18)8-13(19-14(15)7-10)9-4-2-1-3-5-9;10-9(11)7-6-8-4-2-1-3-5-8/h1-8,16-17H;1-7H,(H,10,11)/b;7-6+. The molecule has 150 valence electrons. The molecule has 0 atom stereocenters. The first kappa shape index (κ1) is 20.4. The highest BCUT2D eigenvalue weighted by Crippen LogP contribution is 2.30. The highest BCUT2D eigenvalue weighted by molar-refractivity contribution is 5.86. The van der Waals surface area contributed by atoms with Crippen LogP contribution in [0.3, 0.4) is 0 Å². The zero-order valence-electron chi connectivity index (χ0n) is 15.7. The summed E-state index contributed by atoms with van der Waals surface area (Å²) >= 11 is 0. The van der Waals surface area contributed by atoms with Crippen LogP contribution in [-0.4, -0.2) is 21.3 Å². The molecule has 0 aliphatic heterocycles. The van der Waals surface area contributed by atoms with Gasteiger partial charge in [-0.3, -0.25) is 4.79 Å². The molecule has 0 amide bonds. The van der Waals surface area contributed by atoms with Gasteiger partial charge in [-0.15, -0.1) is 0 Å². The lowest BCUT2D eigenvalue weighted by Crippen LogP contribution is -2.00. The Kier molecular flexibility index (Phi) is 6.29. The maximum absolute atomic E-state index is 12.0. The molecule has 6 nitrogen and oxygen atoms in total. The van der Waals surface area contributed by atoms with Crippen molar-refractivity contribution in [2.45, 2.75) is 0 Å². The number of phenolic OH excluding ortho intramolecular Hbond substituents is 2. The number of aliphatic carboxylic acids is 1. The van der Waals surface area contributed by atoms with Gasteiger partial charge in [-0.1, -0.05) is 60.7 Å². The van der Waals surface area contributed by atoms with Crippen molar-refractivity contribution in [1.82, 2.24) is 0 Å². The van der Waals surface area contributed by atoms with Gasteiger partial charge in [0.25, 0.3) is 0 Å². The minimum absolute atomic E-state index is 0.0671. The quantitative estimate of drug-likeness (QED) is 0.430. The molecule has 0 saturated carbocycles. The number of rotatable bonds is 3. The number of fused-ring (bicyclic) bond motifs is 1. The normalized spacial score (nSPS) is 10.5. The molecule has 0 radical (unpaired) electrons. The second-order valence-electron chi connectivity index (χ2n) is 6.26. The molecule has 1 heterocycles. The van der Waals surface area contributed by atoms with Gasteiger partial charge in [0.15, 0.2) is 5.43 Å². The van der Waals surface area contributed by atoms with E-state index in [0.717, 1.165) is 23.3 Å². The maximum atomic E-state index is 12.0. The van der Waals surface area contributed by atoms with Gasteiger partial charge < -0.3 is 19.7 Å². The Hall–Kier alpha value is -4.32. The number of benzene rings is 3. The van der Waals surface area contributed by atoms with Crippen LogP contribution < -0.4 is 5.43 Å². The average Bonchev–Trinajstić information content (AvgIpc) is 2.73. The van der Waals surface area contributed by atoms with Crippen molar-refractivity contribution in [2.24, 2.45) is 0 Å². The molecule has 0 unspecified atom stereocenters. The van der Waals surface area contributed by atoms with E-state index in [0.29, 0.717) is 5.76 Å². The van der Waals surface area contributed by atoms with Crippen molar-refractivity contribution in [1.29, 1.82) is 0 Å². The van der Waals surface area contributed by atoms with E-state index in [-0.39, 0.29) is 27.9 Å². The van der Waals surface area contributed by atoms with Crippen molar-refractivity contribution >= 4 is 23.0 Å². The van der Waals surface area contributed by atoms with Crippen molar-refractivity contribution in [2.75, 3.05) is 0 Å². The third kappa shape index (κ3) is 5.14. The van der Waals surface area contributed by atoms with Gasteiger partial charge in [0.2, 0.25) is 0 Å². The maximum Gasteiger partial charge on any atom is 0.328 e. The summed E-state index contributed by atoms with van der Waals surface area (Å²) < 4.78 is 5.57. The van der Waals surface area contributed by atoms with Crippen LogP contribution >= 0.6 is 0 Å². The van der Waals surface area contributed by atoms with Gasteiger partial charge in [0.1, 0.15) is 28.2 Å². The third-order valence-corrected chi connectivity index (χ3v) is 4.07. The Morgan fingerprint density at radius 1 is 0.867 bits per heavy atom. The first-order chi connectivity index (χ1) is 14.4. The summed E-state index contributed by atoms with van der Waals surface area (Å²) in [4.78, 5) is 22.1. The highest BCUT2D eigenvalue weighted by atomic mass is 16.4. The molecular weight excluding hydrogens is 384 g/mol. The van der Waals surface area contributed by atoms with E-state index in [1.54, 1.807) is 6.08 Å². The monoisotopic (exact) mass is 402 g/mol. The fraction of sp³-hybridized carbons (Fsp3) is 0. The minimum atomic E-state index is -0.922. The lowest BCUT2D eigenvalue weighted by molar-refractivity contribution is -0.131. The lowest BCUT2D eigenvalue weighted by Gasteiger charge is -2.04. The Labute approximate surface area is 171 Å². The first-order valence-corrected chi connectivity index (χ1v) is 8.95. The van der Waals surface area contributed by atoms with E-state index >= 15 is 0 Å². The van der Waals surface area contributed by atoms with Crippen LogP contribution in [0, 0.1) is 0 Å². The van der Waals surface area contributed by atoms with Gasteiger partial charge in [-0.2, -0.15) is 0 Å². The largest absolute Gasteiger partial charge is 0.508 e. The van der Waals surface area contributed by atoms with E-state index in [2.05, 4.69) is 0 Å². The van der Waals surface area contributed by atoms with Crippen LogP contribution in [0.4, 0.5) is 0 Å². The van der Waals surface area contributed by atoms with E-state index in [1.165, 1.54) is 12.1 Å². The predicted octanol–water partition coefficient (Wildman–Crippen LogP) is 4.66. The van der Waals surface area contributed by atoms with Gasteiger partial charge >= 0.3 is 5.97 Å². The molecule has 30 heavy (non-hydrogen) atoms. The summed E-state index contributed by atoms with van der Waals surface area (Å²) in [5.41, 5.74) is 1.46. The summed E-state index contributed by atoms with van der Waals surface area (Å²) in [6, 6.07) is 22.2. The number of hydrogen-bond donors (Lipinski definition) is 3. The number of hydrogen-bond acceptors (Lipinski definition) is 5. The molecule has 4 rings (SSSR count). The van der Waals surface area contributed by atoms with Crippen molar-refractivity contribution in [3.05, 3.63) is 101 Å². The topological polar surface area (TPSA) is 108 Å². The molecule has 1 aromatic heterocycles. The second kappa shape index (κ2) is 9.25. The molecule has 4 aromatic rings. The smallest absolute Gasteiger partial charge is 0.328 e. The molecule has 0 aliphatic carbocycles. The van der Waals surface area contributed by atoms with Crippen LogP contribution in [0.2, 0.25) is 0 Å². The Morgan fingerprint density at radius 2 is 1.50 bits per heavy atom. The van der Waals surface area contributed by atoms with Crippen molar-refractivity contribution in [3.63, 3.8) is 0 Å². The molecule has 0 aliphatic rings. The van der Waals surface area contributed by atoms with E-state index < -0.39 is 5.97 Å². The van der Waals surface area contributed by atoms with E-state index in [4.69, 9.17) is 9.52 Å². The summed E-state index contributed by atoms with van der Waals surface area (Å²) in [7, 11) is 0. The van der Waals surface area contributed by atoms with Crippen LogP contribution in [0.1, 0.15) is 5.56 Å². The molecular formula is C24H18O6. The van der Waals surface area contributed by atoms with Gasteiger partial charge in [-0.05, 0) is 11.6 Å². The fourth-order valence-corrected chi connectivity index (χ4v) is 2.73. The number of carbonyl (C=O) groups is 1. The Balaban J connectivity index is 0.000000199. The van der Waals surface area contributed by atoms with E-state index in [9.17, 15) is 19.8 Å². The third-order valence-electron chi connectivity index (χ3n) is 4.07. The minimum Gasteiger partial charge on any atom is -0.508 e. The molecule has 3 N–H and O–H groups in total. The van der Waals surface area contributed by atoms with Crippen LogP contribution in [-0.2, 0) is 4.79 Å². The van der Waals surface area contributed by atoms with Gasteiger partial charge in [0.05, 0.1) is 0 Å². The van der Waals surface area contributed by atoms with Gasteiger partial charge in [-0.25, -0.2) is 4.79 Å². The number of phenols is 2. The van der Waals surface area contributed by atoms with Crippen LogP contribution in [0.25, 0.3) is 28.4 Å². The van der Waals surface area contributed by atoms with Crippen molar-refractivity contribution < 1.29 is 24.5 Å². The molecule has 0 bridgehead atoms. The van der Waals surface area contributed by atoms with Crippen LogP contribution in [0.15, 0.2) is 94.2 Å². The molecule has 0 saturated heterocycles. The molecule has 6 heteroatoms. The number of carboxylic acid groups (broad SMARTS) is 1. The number of aromatic hydroxyl groups is 2. The fourth-order valence-electron chi connectivity index (χ4n) is 2.73. The summed E-state index contributed by atoms with van der Waals surface area (Å²) in [6.45, 7) is 0. The second-order valence-corrected chi connectivity index (χ2v) is 6.26. The Bertz CT molecular complexity index is 1240. The SMILES string of the molecule is O=C(O)/C=C/c1ccccc1.O=c1cc(-c2ccccc2)oc2cc(O)cc(O)c12. The van der Waals surface area contributed by atoms with Crippen LogP contribution in [0.5, 0.6) is 11.5 Å². The lowest BCUT2D eigenvalue weighted by atomic mass is 10.1.